The van der Waals surface area contributed by atoms with Gasteiger partial charge in [0.15, 0.2) is 0 Å². The minimum Gasteiger partial charge on any atom is -0.468 e. The van der Waals surface area contributed by atoms with E-state index in [9.17, 15) is 14.4 Å². The summed E-state index contributed by atoms with van der Waals surface area (Å²) in [6.07, 6.45) is -0.545. The molecule has 31 heavy (non-hydrogen) atoms. The predicted octanol–water partition coefficient (Wildman–Crippen LogP) is 2.02. The molecule has 9 heteroatoms. The number of esters is 1. The van der Waals surface area contributed by atoms with E-state index in [0.29, 0.717) is 24.7 Å². The Bertz CT molecular complexity index is 896. The standard InChI is InChI=1S/C22H29N3O6/c1-21(2,3)31-19(27)24-10-14-9-22(14,12-24)13-5-7-15(8-6-13)25-11-16(30-20(25)28)17(23)18(26)29-4/h5-8,14,16-17H,9-12,23H2,1-4H3/t14?,16?,17-,22?/m0/s1. The Hall–Kier alpha value is -2.81. The van der Waals surface area contributed by atoms with Crippen LogP contribution in [0.3, 0.4) is 0 Å². The van der Waals surface area contributed by atoms with Gasteiger partial charge < -0.3 is 24.8 Å². The SMILES string of the molecule is COC(=O)[C@@H](N)C1CN(c2ccc(C34CC3CN(C(=O)OC(C)(C)C)C4)cc2)C(=O)O1. The maximum Gasteiger partial charge on any atom is 0.414 e. The lowest BCUT2D eigenvalue weighted by atomic mass is 9.95. The Labute approximate surface area is 181 Å². The number of hydrogen-bond donors (Lipinski definition) is 1. The zero-order valence-electron chi connectivity index (χ0n) is 18.3. The first kappa shape index (κ1) is 21.4. The van der Waals surface area contributed by atoms with Gasteiger partial charge in [0.25, 0.3) is 0 Å². The van der Waals surface area contributed by atoms with Crippen LogP contribution in [0.4, 0.5) is 15.3 Å². The van der Waals surface area contributed by atoms with E-state index < -0.39 is 29.8 Å². The summed E-state index contributed by atoms with van der Waals surface area (Å²) in [5.74, 6) is -0.199. The third kappa shape index (κ3) is 3.94. The first-order valence-electron chi connectivity index (χ1n) is 10.4. The number of rotatable bonds is 4. The minimum atomic E-state index is -1.03. The summed E-state index contributed by atoms with van der Waals surface area (Å²) in [5.41, 5.74) is 7.07. The van der Waals surface area contributed by atoms with Gasteiger partial charge in [0.05, 0.1) is 13.7 Å². The molecule has 168 valence electrons. The Morgan fingerprint density at radius 3 is 2.52 bits per heavy atom. The van der Waals surface area contributed by atoms with Gasteiger partial charge in [0, 0.05) is 24.2 Å². The number of amides is 2. The van der Waals surface area contributed by atoms with E-state index in [2.05, 4.69) is 4.74 Å². The van der Waals surface area contributed by atoms with Crippen molar-refractivity contribution in [3.8, 4) is 0 Å². The normalized spacial score (nSPS) is 28.1. The Kier molecular flexibility index (Phi) is 5.12. The van der Waals surface area contributed by atoms with Gasteiger partial charge in [-0.15, -0.1) is 0 Å². The fourth-order valence-electron chi connectivity index (χ4n) is 4.54. The molecule has 1 aliphatic carbocycles. The number of carbonyl (C=O) groups excluding carboxylic acids is 3. The maximum atomic E-state index is 12.4. The van der Waals surface area contributed by atoms with Crippen LogP contribution in [0.5, 0.6) is 0 Å². The quantitative estimate of drug-likeness (QED) is 0.573. The van der Waals surface area contributed by atoms with Crippen molar-refractivity contribution >= 4 is 23.8 Å². The van der Waals surface area contributed by atoms with Gasteiger partial charge in [-0.25, -0.2) is 9.59 Å². The van der Waals surface area contributed by atoms with E-state index in [1.807, 2.05) is 45.0 Å². The minimum absolute atomic E-state index is 0.0449. The third-order valence-corrected chi connectivity index (χ3v) is 6.26. The molecule has 3 fully saturated rings. The Balaban J connectivity index is 1.42. The molecule has 3 unspecified atom stereocenters. The van der Waals surface area contributed by atoms with Crippen molar-refractivity contribution in [3.63, 3.8) is 0 Å². The zero-order chi connectivity index (χ0) is 22.6. The number of nitrogens with zero attached hydrogens (tertiary/aromatic N) is 2. The summed E-state index contributed by atoms with van der Waals surface area (Å²) in [5, 5.41) is 0. The maximum absolute atomic E-state index is 12.4. The van der Waals surface area contributed by atoms with Crippen LogP contribution >= 0.6 is 0 Å². The van der Waals surface area contributed by atoms with Crippen LogP contribution in [0, 0.1) is 5.92 Å². The number of cyclic esters (lactones) is 1. The number of anilines is 1. The van der Waals surface area contributed by atoms with Gasteiger partial charge in [0.1, 0.15) is 17.7 Å². The highest BCUT2D eigenvalue weighted by Crippen LogP contribution is 2.59. The van der Waals surface area contributed by atoms with Crippen molar-refractivity contribution in [2.24, 2.45) is 11.7 Å². The van der Waals surface area contributed by atoms with Gasteiger partial charge in [-0.3, -0.25) is 9.69 Å². The molecule has 0 radical (unpaired) electrons. The van der Waals surface area contributed by atoms with Crippen molar-refractivity contribution in [1.82, 2.24) is 4.90 Å². The van der Waals surface area contributed by atoms with Crippen LogP contribution in [-0.4, -0.2) is 67.5 Å². The molecule has 2 N–H and O–H groups in total. The topological polar surface area (TPSA) is 111 Å². The number of carbonyl (C=O) groups is 3. The van der Waals surface area contributed by atoms with Gasteiger partial charge >= 0.3 is 18.2 Å². The molecule has 2 amide bonds. The number of methoxy groups -OCH3 is 1. The summed E-state index contributed by atoms with van der Waals surface area (Å²) < 4.78 is 15.4. The van der Waals surface area contributed by atoms with Crippen LogP contribution in [0.15, 0.2) is 24.3 Å². The summed E-state index contributed by atoms with van der Waals surface area (Å²) in [6, 6.07) is 6.69. The van der Waals surface area contributed by atoms with Crippen molar-refractivity contribution in [2.75, 3.05) is 31.6 Å². The molecule has 4 rings (SSSR count). The lowest BCUT2D eigenvalue weighted by Crippen LogP contribution is -2.44. The average molecular weight is 431 g/mol. The lowest BCUT2D eigenvalue weighted by Gasteiger charge is -2.26. The summed E-state index contributed by atoms with van der Waals surface area (Å²) in [4.78, 5) is 39.6. The molecule has 2 heterocycles. The van der Waals surface area contributed by atoms with E-state index in [1.54, 1.807) is 4.90 Å². The number of hydrogen-bond acceptors (Lipinski definition) is 7. The second-order valence-corrected chi connectivity index (χ2v) is 9.55. The fraction of sp³-hybridized carbons (Fsp3) is 0.591. The van der Waals surface area contributed by atoms with Crippen LogP contribution in [0.2, 0.25) is 0 Å². The highest BCUT2D eigenvalue weighted by molar-refractivity contribution is 5.91. The molecule has 4 atom stereocenters. The van der Waals surface area contributed by atoms with Gasteiger partial charge in [-0.05, 0) is 50.8 Å². The molecular weight excluding hydrogens is 402 g/mol. The molecule has 1 saturated carbocycles. The van der Waals surface area contributed by atoms with Gasteiger partial charge in [-0.1, -0.05) is 12.1 Å². The van der Waals surface area contributed by atoms with Gasteiger partial charge in [-0.2, -0.15) is 0 Å². The van der Waals surface area contributed by atoms with E-state index in [1.165, 1.54) is 12.0 Å². The number of piperidine rings is 1. The smallest absolute Gasteiger partial charge is 0.414 e. The monoisotopic (exact) mass is 431 g/mol. The first-order valence-corrected chi connectivity index (χ1v) is 10.4. The Morgan fingerprint density at radius 2 is 1.90 bits per heavy atom. The van der Waals surface area contributed by atoms with E-state index in [-0.39, 0.29) is 18.1 Å². The molecule has 1 aromatic carbocycles. The third-order valence-electron chi connectivity index (χ3n) is 6.26. The molecule has 2 saturated heterocycles. The lowest BCUT2D eigenvalue weighted by molar-refractivity contribution is -0.144. The van der Waals surface area contributed by atoms with Crippen LogP contribution in [-0.2, 0) is 24.4 Å². The van der Waals surface area contributed by atoms with Crippen molar-refractivity contribution in [2.45, 2.75) is 50.4 Å². The second kappa shape index (κ2) is 7.40. The van der Waals surface area contributed by atoms with Gasteiger partial charge in [0.2, 0.25) is 0 Å². The van der Waals surface area contributed by atoms with E-state index in [0.717, 1.165) is 12.0 Å². The molecule has 0 aromatic heterocycles. The summed E-state index contributed by atoms with van der Waals surface area (Å²) in [7, 11) is 1.24. The largest absolute Gasteiger partial charge is 0.468 e. The van der Waals surface area contributed by atoms with E-state index >= 15 is 0 Å². The fourth-order valence-corrected chi connectivity index (χ4v) is 4.54. The predicted molar refractivity (Wildman–Crippen MR) is 112 cm³/mol. The highest BCUT2D eigenvalue weighted by atomic mass is 16.6. The van der Waals surface area contributed by atoms with Crippen molar-refractivity contribution < 1.29 is 28.6 Å². The molecule has 3 aliphatic rings. The van der Waals surface area contributed by atoms with Crippen molar-refractivity contribution in [1.29, 1.82) is 0 Å². The van der Waals surface area contributed by atoms with Crippen LogP contribution in [0.25, 0.3) is 0 Å². The zero-order valence-corrected chi connectivity index (χ0v) is 18.3. The first-order chi connectivity index (χ1) is 14.5. The molecule has 1 aromatic rings. The second-order valence-electron chi connectivity index (χ2n) is 9.55. The summed E-state index contributed by atoms with van der Waals surface area (Å²) in [6.45, 7) is 7.09. The molecule has 2 aliphatic heterocycles. The molecular formula is C22H29N3O6. The number of ether oxygens (including phenoxy) is 3. The van der Waals surface area contributed by atoms with Crippen LogP contribution < -0.4 is 10.6 Å². The molecule has 9 nitrogen and oxygen atoms in total. The molecule has 0 bridgehead atoms. The average Bonchev–Trinajstić information content (AvgIpc) is 3.07. The highest BCUT2D eigenvalue weighted by Gasteiger charge is 2.62. The van der Waals surface area contributed by atoms with E-state index in [4.69, 9.17) is 15.2 Å². The number of benzene rings is 1. The van der Waals surface area contributed by atoms with Crippen LogP contribution in [0.1, 0.15) is 32.8 Å². The molecule has 0 spiro atoms. The number of nitrogens with two attached hydrogens (primary N) is 1. The summed E-state index contributed by atoms with van der Waals surface area (Å²) >= 11 is 0. The number of fused-ring (bicyclic) bond motifs is 1. The van der Waals surface area contributed by atoms with Crippen molar-refractivity contribution in [3.05, 3.63) is 29.8 Å². The Morgan fingerprint density at radius 1 is 1.23 bits per heavy atom. The number of likely N-dealkylation sites (tertiary alicyclic amines) is 1.